The van der Waals surface area contributed by atoms with E-state index in [1.54, 1.807) is 23.5 Å². The topological polar surface area (TPSA) is 64.6 Å². The number of halogens is 2. The van der Waals surface area contributed by atoms with Crippen LogP contribution in [0.25, 0.3) is 0 Å². The number of esters is 1. The number of aryl methyl sites for hydroxylation is 1. The quantitative estimate of drug-likeness (QED) is 0.640. The lowest BCUT2D eigenvalue weighted by Gasteiger charge is -2.08. The number of rotatable bonds is 10. The molecule has 0 aliphatic heterocycles. The van der Waals surface area contributed by atoms with Crippen LogP contribution in [0.1, 0.15) is 17.5 Å². The average molecular weight is 383 g/mol. The minimum Gasteiger partial charge on any atom is -0.456 e. The molecule has 2 rings (SSSR count). The lowest BCUT2D eigenvalue weighted by molar-refractivity contribution is -0.148. The Morgan fingerprint density at radius 3 is 2.50 bits per heavy atom. The van der Waals surface area contributed by atoms with Crippen LogP contribution in [0.3, 0.4) is 0 Å². The molecule has 0 unspecified atom stereocenters. The van der Waals surface area contributed by atoms with E-state index in [9.17, 15) is 18.4 Å². The minimum absolute atomic E-state index is 0.0853. The van der Waals surface area contributed by atoms with Gasteiger partial charge in [-0.2, -0.15) is 20.1 Å². The number of thiophene rings is 1. The summed E-state index contributed by atoms with van der Waals surface area (Å²) in [5.74, 6) is -0.713. The molecule has 0 spiro atoms. The zero-order valence-electron chi connectivity index (χ0n) is 14.0. The van der Waals surface area contributed by atoms with Crippen LogP contribution in [0.2, 0.25) is 0 Å². The van der Waals surface area contributed by atoms with Crippen molar-refractivity contribution in [3.05, 3.63) is 52.2 Å². The maximum Gasteiger partial charge on any atom is 0.387 e. The SMILES string of the molecule is O=C(COC(=O)CCc1ccsc1)NCCc1ccc(OC(F)F)cc1. The normalized spacial score (nSPS) is 10.6. The van der Waals surface area contributed by atoms with Gasteiger partial charge in [-0.1, -0.05) is 12.1 Å². The third kappa shape index (κ3) is 7.60. The summed E-state index contributed by atoms with van der Waals surface area (Å²) in [5.41, 5.74) is 1.93. The van der Waals surface area contributed by atoms with E-state index in [-0.39, 0.29) is 24.7 Å². The molecule has 0 fully saturated rings. The maximum atomic E-state index is 12.1. The van der Waals surface area contributed by atoms with Gasteiger partial charge in [-0.15, -0.1) is 0 Å². The third-order valence-corrected chi connectivity index (χ3v) is 4.18. The summed E-state index contributed by atoms with van der Waals surface area (Å²) >= 11 is 1.56. The van der Waals surface area contributed by atoms with Gasteiger partial charge in [0.2, 0.25) is 0 Å². The van der Waals surface area contributed by atoms with Crippen molar-refractivity contribution in [2.45, 2.75) is 25.9 Å². The fourth-order valence-corrected chi connectivity index (χ4v) is 2.84. The lowest BCUT2D eigenvalue weighted by atomic mass is 10.1. The van der Waals surface area contributed by atoms with Gasteiger partial charge in [0, 0.05) is 13.0 Å². The van der Waals surface area contributed by atoms with Crippen LogP contribution < -0.4 is 10.1 Å². The largest absolute Gasteiger partial charge is 0.456 e. The van der Waals surface area contributed by atoms with Crippen LogP contribution in [0.15, 0.2) is 41.1 Å². The number of carbonyl (C=O) groups excluding carboxylic acids is 2. The van der Waals surface area contributed by atoms with E-state index < -0.39 is 12.6 Å². The zero-order chi connectivity index (χ0) is 18.8. The van der Waals surface area contributed by atoms with Crippen LogP contribution in [0, 0.1) is 0 Å². The molecule has 26 heavy (non-hydrogen) atoms. The molecule has 2 aromatic rings. The molecular formula is C18H19F2NO4S. The fourth-order valence-electron chi connectivity index (χ4n) is 2.13. The molecule has 1 aromatic carbocycles. The van der Waals surface area contributed by atoms with Gasteiger partial charge in [0.1, 0.15) is 5.75 Å². The molecule has 0 atom stereocenters. The van der Waals surface area contributed by atoms with Crippen molar-refractivity contribution < 1.29 is 27.8 Å². The number of ether oxygens (including phenoxy) is 2. The minimum atomic E-state index is -2.85. The van der Waals surface area contributed by atoms with E-state index in [1.807, 2.05) is 16.8 Å². The molecule has 0 bridgehead atoms. The predicted octanol–water partition coefficient (Wildman–Crippen LogP) is 3.18. The Labute approximate surface area is 153 Å². The van der Waals surface area contributed by atoms with Gasteiger partial charge in [-0.25, -0.2) is 0 Å². The molecule has 0 aliphatic rings. The van der Waals surface area contributed by atoms with Crippen LogP contribution in [-0.2, 0) is 27.2 Å². The second-order valence-corrected chi connectivity index (χ2v) is 6.19. The smallest absolute Gasteiger partial charge is 0.387 e. The van der Waals surface area contributed by atoms with Crippen LogP contribution in [0.4, 0.5) is 8.78 Å². The molecule has 140 valence electrons. The molecule has 0 saturated heterocycles. The molecule has 0 aliphatic carbocycles. The standard InChI is InChI=1S/C18H19F2NO4S/c19-18(20)25-15-4-1-13(2-5-15)7-9-21-16(22)11-24-17(23)6-3-14-8-10-26-12-14/h1-2,4-5,8,10,12,18H,3,6-7,9,11H2,(H,21,22). The number of alkyl halides is 2. The Hall–Kier alpha value is -2.48. The maximum absolute atomic E-state index is 12.1. The van der Waals surface area contributed by atoms with Crippen molar-refractivity contribution in [1.82, 2.24) is 5.32 Å². The highest BCUT2D eigenvalue weighted by Gasteiger charge is 2.08. The number of carbonyl (C=O) groups is 2. The first-order valence-electron chi connectivity index (χ1n) is 8.00. The summed E-state index contributed by atoms with van der Waals surface area (Å²) < 4.78 is 33.3. The molecule has 1 N–H and O–H groups in total. The van der Waals surface area contributed by atoms with E-state index in [4.69, 9.17) is 4.74 Å². The first kappa shape index (κ1) is 19.8. The first-order chi connectivity index (χ1) is 12.5. The highest BCUT2D eigenvalue weighted by molar-refractivity contribution is 7.07. The Morgan fingerprint density at radius 1 is 1.08 bits per heavy atom. The van der Waals surface area contributed by atoms with Crippen molar-refractivity contribution in [3.63, 3.8) is 0 Å². The predicted molar refractivity (Wildman–Crippen MR) is 93.4 cm³/mol. The van der Waals surface area contributed by atoms with E-state index in [2.05, 4.69) is 10.1 Å². The van der Waals surface area contributed by atoms with Crippen molar-refractivity contribution in [3.8, 4) is 5.75 Å². The van der Waals surface area contributed by atoms with Gasteiger partial charge < -0.3 is 14.8 Å². The summed E-state index contributed by atoms with van der Waals surface area (Å²) in [6.45, 7) is -2.82. The van der Waals surface area contributed by atoms with Crippen molar-refractivity contribution in [2.24, 2.45) is 0 Å². The van der Waals surface area contributed by atoms with Crippen LogP contribution >= 0.6 is 11.3 Å². The molecular weight excluding hydrogens is 364 g/mol. The molecule has 0 radical (unpaired) electrons. The van der Waals surface area contributed by atoms with E-state index in [0.717, 1.165) is 11.1 Å². The van der Waals surface area contributed by atoms with Gasteiger partial charge in [0.15, 0.2) is 6.61 Å². The van der Waals surface area contributed by atoms with Gasteiger partial charge >= 0.3 is 12.6 Å². The lowest BCUT2D eigenvalue weighted by Crippen LogP contribution is -2.30. The number of benzene rings is 1. The summed E-state index contributed by atoms with van der Waals surface area (Å²) in [6, 6.07) is 8.12. The summed E-state index contributed by atoms with van der Waals surface area (Å²) in [5, 5.41) is 6.54. The van der Waals surface area contributed by atoms with Crippen molar-refractivity contribution in [1.29, 1.82) is 0 Å². The van der Waals surface area contributed by atoms with Crippen molar-refractivity contribution in [2.75, 3.05) is 13.2 Å². The van der Waals surface area contributed by atoms with Crippen LogP contribution in [-0.4, -0.2) is 31.6 Å². The van der Waals surface area contributed by atoms with Gasteiger partial charge in [-0.05, 0) is 52.9 Å². The van der Waals surface area contributed by atoms with Crippen LogP contribution in [0.5, 0.6) is 5.75 Å². The third-order valence-electron chi connectivity index (χ3n) is 3.45. The average Bonchev–Trinajstić information content (AvgIpc) is 3.13. The molecule has 1 amide bonds. The monoisotopic (exact) mass is 383 g/mol. The van der Waals surface area contributed by atoms with E-state index in [0.29, 0.717) is 19.4 Å². The van der Waals surface area contributed by atoms with Crippen molar-refractivity contribution >= 4 is 23.2 Å². The van der Waals surface area contributed by atoms with Gasteiger partial charge in [0.25, 0.3) is 5.91 Å². The number of amides is 1. The summed E-state index contributed by atoms with van der Waals surface area (Å²) in [7, 11) is 0. The summed E-state index contributed by atoms with van der Waals surface area (Å²) in [6.07, 6.45) is 1.35. The highest BCUT2D eigenvalue weighted by atomic mass is 32.1. The number of hydrogen-bond donors (Lipinski definition) is 1. The Kier molecular flexibility index (Phi) is 8.01. The molecule has 1 heterocycles. The highest BCUT2D eigenvalue weighted by Crippen LogP contribution is 2.15. The first-order valence-corrected chi connectivity index (χ1v) is 8.94. The fraction of sp³-hybridized carbons (Fsp3) is 0.333. The second-order valence-electron chi connectivity index (χ2n) is 5.41. The molecule has 8 heteroatoms. The van der Waals surface area contributed by atoms with Gasteiger partial charge in [0.05, 0.1) is 0 Å². The Balaban J connectivity index is 1.58. The zero-order valence-corrected chi connectivity index (χ0v) is 14.8. The molecule has 0 saturated carbocycles. The molecule has 5 nitrogen and oxygen atoms in total. The molecule has 1 aromatic heterocycles. The second kappa shape index (κ2) is 10.5. The number of hydrogen-bond acceptors (Lipinski definition) is 5. The number of nitrogens with one attached hydrogen (secondary N) is 1. The summed E-state index contributed by atoms with van der Waals surface area (Å²) in [4.78, 5) is 23.2. The Morgan fingerprint density at radius 2 is 1.85 bits per heavy atom. The van der Waals surface area contributed by atoms with Gasteiger partial charge in [-0.3, -0.25) is 9.59 Å². The Bertz CT molecular complexity index is 690. The van der Waals surface area contributed by atoms with E-state index in [1.165, 1.54) is 12.1 Å². The van der Waals surface area contributed by atoms with E-state index >= 15 is 0 Å².